The van der Waals surface area contributed by atoms with Crippen molar-refractivity contribution in [2.75, 3.05) is 6.54 Å². The fourth-order valence-corrected chi connectivity index (χ4v) is 2.62. The van der Waals surface area contributed by atoms with E-state index in [9.17, 15) is 4.79 Å². The first-order valence-electron chi connectivity index (χ1n) is 6.55. The minimum atomic E-state index is 0.0737. The maximum Gasteiger partial charge on any atom is 0.220 e. The molecule has 2 rings (SSSR count). The number of halogens is 1. The van der Waals surface area contributed by atoms with E-state index in [0.717, 1.165) is 22.1 Å². The predicted molar refractivity (Wildman–Crippen MR) is 83.3 cm³/mol. The lowest BCUT2D eigenvalue weighted by molar-refractivity contribution is -0.121. The summed E-state index contributed by atoms with van der Waals surface area (Å²) in [5.74, 6) is 0.0737. The monoisotopic (exact) mass is 308 g/mol. The highest BCUT2D eigenvalue weighted by Gasteiger charge is 2.04. The van der Waals surface area contributed by atoms with Crippen LogP contribution < -0.4 is 5.32 Å². The molecular weight excluding hydrogens is 292 g/mol. The van der Waals surface area contributed by atoms with Gasteiger partial charge in [-0.15, -0.1) is 11.3 Å². The van der Waals surface area contributed by atoms with Crippen LogP contribution in [0.25, 0.3) is 0 Å². The molecule has 0 aliphatic heterocycles. The molecule has 0 saturated carbocycles. The quantitative estimate of drug-likeness (QED) is 0.888. The van der Waals surface area contributed by atoms with Crippen LogP contribution in [0.15, 0.2) is 29.6 Å². The molecule has 3 nitrogen and oxygen atoms in total. The number of amides is 1. The number of carbonyl (C=O) groups excluding carboxylic acids is 1. The van der Waals surface area contributed by atoms with Crippen molar-refractivity contribution in [3.05, 3.63) is 50.9 Å². The standard InChI is InChI=1S/C15H17ClN2OS/c1-11-18-14(10-20-11)6-7-15(19)17-9-8-12-2-4-13(16)5-3-12/h2-5,10H,6-9H2,1H3,(H,17,19). The Morgan fingerprint density at radius 2 is 2.05 bits per heavy atom. The zero-order valence-corrected chi connectivity index (χ0v) is 12.9. The third-order valence-electron chi connectivity index (χ3n) is 2.92. The summed E-state index contributed by atoms with van der Waals surface area (Å²) in [6.45, 7) is 2.62. The first-order valence-corrected chi connectivity index (χ1v) is 7.81. The van der Waals surface area contributed by atoms with Crippen molar-refractivity contribution in [1.82, 2.24) is 10.3 Å². The van der Waals surface area contributed by atoms with E-state index in [2.05, 4.69) is 10.3 Å². The molecule has 0 bridgehead atoms. The maximum absolute atomic E-state index is 11.7. The van der Waals surface area contributed by atoms with Crippen LogP contribution in [0, 0.1) is 6.92 Å². The number of nitrogens with one attached hydrogen (secondary N) is 1. The molecule has 0 spiro atoms. The van der Waals surface area contributed by atoms with Gasteiger partial charge in [0.05, 0.1) is 10.7 Å². The van der Waals surface area contributed by atoms with Crippen LogP contribution in [0.4, 0.5) is 0 Å². The van der Waals surface area contributed by atoms with Gasteiger partial charge in [-0.3, -0.25) is 4.79 Å². The molecule has 1 aromatic carbocycles. The van der Waals surface area contributed by atoms with Gasteiger partial charge in [-0.2, -0.15) is 0 Å². The normalized spacial score (nSPS) is 10.5. The molecular formula is C15H17ClN2OS. The summed E-state index contributed by atoms with van der Waals surface area (Å²) in [4.78, 5) is 16.1. The van der Waals surface area contributed by atoms with E-state index < -0.39 is 0 Å². The summed E-state index contributed by atoms with van der Waals surface area (Å²) in [5, 5.41) is 6.71. The number of hydrogen-bond donors (Lipinski definition) is 1. The second kappa shape index (κ2) is 7.41. The Morgan fingerprint density at radius 1 is 1.30 bits per heavy atom. The molecule has 0 radical (unpaired) electrons. The van der Waals surface area contributed by atoms with Crippen LogP contribution >= 0.6 is 22.9 Å². The fraction of sp³-hybridized carbons (Fsp3) is 0.333. The van der Waals surface area contributed by atoms with Crippen molar-refractivity contribution < 1.29 is 4.79 Å². The number of thiazole rings is 1. The topological polar surface area (TPSA) is 42.0 Å². The van der Waals surface area contributed by atoms with Crippen molar-refractivity contribution in [2.45, 2.75) is 26.2 Å². The fourth-order valence-electron chi connectivity index (χ4n) is 1.85. The van der Waals surface area contributed by atoms with E-state index in [1.165, 1.54) is 5.56 Å². The summed E-state index contributed by atoms with van der Waals surface area (Å²) < 4.78 is 0. The summed E-state index contributed by atoms with van der Waals surface area (Å²) in [6.07, 6.45) is 2.01. The van der Waals surface area contributed by atoms with E-state index in [1.54, 1.807) is 11.3 Å². The number of benzene rings is 1. The summed E-state index contributed by atoms with van der Waals surface area (Å²) in [6, 6.07) is 7.69. The second-order valence-corrected chi connectivity index (χ2v) is 6.08. The van der Waals surface area contributed by atoms with Crippen LogP contribution in [-0.4, -0.2) is 17.4 Å². The van der Waals surface area contributed by atoms with E-state index >= 15 is 0 Å². The molecule has 1 heterocycles. The number of aromatic nitrogens is 1. The summed E-state index contributed by atoms with van der Waals surface area (Å²) in [5.41, 5.74) is 2.17. The molecule has 0 aliphatic carbocycles. The molecule has 0 saturated heterocycles. The van der Waals surface area contributed by atoms with E-state index in [1.807, 2.05) is 36.6 Å². The van der Waals surface area contributed by atoms with Crippen LogP contribution in [0.1, 0.15) is 22.7 Å². The highest BCUT2D eigenvalue weighted by molar-refractivity contribution is 7.09. The highest BCUT2D eigenvalue weighted by Crippen LogP contribution is 2.10. The highest BCUT2D eigenvalue weighted by atomic mass is 35.5. The number of hydrogen-bond acceptors (Lipinski definition) is 3. The second-order valence-electron chi connectivity index (χ2n) is 4.58. The van der Waals surface area contributed by atoms with Crippen molar-refractivity contribution in [3.8, 4) is 0 Å². The number of carbonyl (C=O) groups is 1. The zero-order chi connectivity index (χ0) is 14.4. The van der Waals surface area contributed by atoms with Gasteiger partial charge >= 0.3 is 0 Å². The average Bonchev–Trinajstić information content (AvgIpc) is 2.85. The van der Waals surface area contributed by atoms with Crippen molar-refractivity contribution >= 4 is 28.8 Å². The van der Waals surface area contributed by atoms with E-state index in [-0.39, 0.29) is 5.91 Å². The Balaban J connectivity index is 1.66. The maximum atomic E-state index is 11.7. The third-order valence-corrected chi connectivity index (χ3v) is 4.00. The molecule has 1 aromatic heterocycles. The van der Waals surface area contributed by atoms with Gasteiger partial charge in [-0.25, -0.2) is 4.98 Å². The third kappa shape index (κ3) is 4.94. The van der Waals surface area contributed by atoms with Gasteiger partial charge in [-0.05, 0) is 37.5 Å². The minimum absolute atomic E-state index is 0.0737. The summed E-state index contributed by atoms with van der Waals surface area (Å²) >= 11 is 7.44. The zero-order valence-electron chi connectivity index (χ0n) is 11.4. The Bertz CT molecular complexity index is 566. The SMILES string of the molecule is Cc1nc(CCC(=O)NCCc2ccc(Cl)cc2)cs1. The van der Waals surface area contributed by atoms with E-state index in [4.69, 9.17) is 11.6 Å². The van der Waals surface area contributed by atoms with Gasteiger partial charge in [0.1, 0.15) is 0 Å². The molecule has 1 amide bonds. The van der Waals surface area contributed by atoms with Gasteiger partial charge < -0.3 is 5.32 Å². The van der Waals surface area contributed by atoms with E-state index in [0.29, 0.717) is 19.4 Å². The van der Waals surface area contributed by atoms with Crippen LogP contribution in [0.2, 0.25) is 5.02 Å². The lowest BCUT2D eigenvalue weighted by atomic mass is 10.1. The van der Waals surface area contributed by atoms with Crippen molar-refractivity contribution in [3.63, 3.8) is 0 Å². The molecule has 2 aromatic rings. The molecule has 20 heavy (non-hydrogen) atoms. The smallest absolute Gasteiger partial charge is 0.220 e. The molecule has 5 heteroatoms. The average molecular weight is 309 g/mol. The molecule has 106 valence electrons. The van der Waals surface area contributed by atoms with Crippen LogP contribution in [0.3, 0.4) is 0 Å². The molecule has 0 aliphatic rings. The predicted octanol–water partition coefficient (Wildman–Crippen LogP) is 3.40. The molecule has 0 unspecified atom stereocenters. The number of rotatable bonds is 6. The van der Waals surface area contributed by atoms with Gasteiger partial charge in [0.15, 0.2) is 0 Å². The Labute approximate surface area is 128 Å². The summed E-state index contributed by atoms with van der Waals surface area (Å²) in [7, 11) is 0. The molecule has 1 N–H and O–H groups in total. The van der Waals surface area contributed by atoms with Gasteiger partial charge in [-0.1, -0.05) is 23.7 Å². The van der Waals surface area contributed by atoms with Crippen LogP contribution in [-0.2, 0) is 17.6 Å². The van der Waals surface area contributed by atoms with Crippen molar-refractivity contribution in [1.29, 1.82) is 0 Å². The number of aryl methyl sites for hydroxylation is 2. The van der Waals surface area contributed by atoms with Crippen molar-refractivity contribution in [2.24, 2.45) is 0 Å². The lowest BCUT2D eigenvalue weighted by Crippen LogP contribution is -2.25. The van der Waals surface area contributed by atoms with Crippen LogP contribution in [0.5, 0.6) is 0 Å². The Hall–Kier alpha value is -1.39. The lowest BCUT2D eigenvalue weighted by Gasteiger charge is -2.05. The first-order chi connectivity index (χ1) is 9.63. The van der Waals surface area contributed by atoms with Gasteiger partial charge in [0, 0.05) is 23.4 Å². The Morgan fingerprint density at radius 3 is 2.70 bits per heavy atom. The van der Waals surface area contributed by atoms with Gasteiger partial charge in [0.2, 0.25) is 5.91 Å². The first kappa shape index (κ1) is 15.0. The largest absolute Gasteiger partial charge is 0.356 e. The number of nitrogens with zero attached hydrogens (tertiary/aromatic N) is 1. The minimum Gasteiger partial charge on any atom is -0.356 e. The van der Waals surface area contributed by atoms with Gasteiger partial charge in [0.25, 0.3) is 0 Å². The molecule has 0 atom stereocenters. The Kier molecular flexibility index (Phi) is 5.56. The molecule has 0 fully saturated rings.